The van der Waals surface area contributed by atoms with Crippen LogP contribution in [0.4, 0.5) is 0 Å². The number of nitrogens with one attached hydrogen (secondary N) is 1. The Morgan fingerprint density at radius 1 is 0.885 bits per heavy atom. The van der Waals surface area contributed by atoms with E-state index in [2.05, 4.69) is 36.5 Å². The van der Waals surface area contributed by atoms with Crippen molar-refractivity contribution < 1.29 is 4.74 Å². The molecule has 26 heavy (non-hydrogen) atoms. The van der Waals surface area contributed by atoms with Crippen LogP contribution in [0, 0.1) is 0 Å². The molecule has 1 unspecified atom stereocenters. The molecule has 2 nitrogen and oxygen atoms in total. The number of halogens is 2. The SMILES string of the molecule is CC(NCc1cccc(OCc2ccccc2)c1)c1cccc(Cl)c1Cl. The molecule has 134 valence electrons. The maximum absolute atomic E-state index is 6.30. The van der Waals surface area contributed by atoms with Gasteiger partial charge in [0.2, 0.25) is 0 Å². The lowest BCUT2D eigenvalue weighted by molar-refractivity contribution is 0.306. The third-order valence-corrected chi connectivity index (χ3v) is 5.04. The minimum atomic E-state index is 0.0927. The lowest BCUT2D eigenvalue weighted by Crippen LogP contribution is -2.18. The highest BCUT2D eigenvalue weighted by Gasteiger charge is 2.11. The van der Waals surface area contributed by atoms with E-state index in [0.717, 1.165) is 22.4 Å². The van der Waals surface area contributed by atoms with Crippen molar-refractivity contribution >= 4 is 23.2 Å². The van der Waals surface area contributed by atoms with E-state index >= 15 is 0 Å². The van der Waals surface area contributed by atoms with Crippen molar-refractivity contribution in [2.45, 2.75) is 26.1 Å². The van der Waals surface area contributed by atoms with Crippen LogP contribution in [-0.2, 0) is 13.2 Å². The van der Waals surface area contributed by atoms with Gasteiger partial charge in [0.05, 0.1) is 10.0 Å². The number of benzene rings is 3. The van der Waals surface area contributed by atoms with Crippen LogP contribution in [0.25, 0.3) is 0 Å². The van der Waals surface area contributed by atoms with Gasteiger partial charge in [0.15, 0.2) is 0 Å². The Hall–Kier alpha value is -2.00. The Morgan fingerprint density at radius 3 is 2.42 bits per heavy atom. The molecule has 1 N–H and O–H groups in total. The average Bonchev–Trinajstić information content (AvgIpc) is 2.68. The molecule has 1 atom stereocenters. The average molecular weight is 386 g/mol. The topological polar surface area (TPSA) is 21.3 Å². The fourth-order valence-corrected chi connectivity index (χ4v) is 3.19. The zero-order valence-corrected chi connectivity index (χ0v) is 16.1. The molecule has 3 aromatic carbocycles. The van der Waals surface area contributed by atoms with Crippen molar-refractivity contribution in [3.63, 3.8) is 0 Å². The summed E-state index contributed by atoms with van der Waals surface area (Å²) in [6.45, 7) is 3.35. The molecule has 0 heterocycles. The van der Waals surface area contributed by atoms with Crippen LogP contribution in [0.1, 0.15) is 29.7 Å². The number of hydrogen-bond acceptors (Lipinski definition) is 2. The summed E-state index contributed by atoms with van der Waals surface area (Å²) < 4.78 is 5.89. The smallest absolute Gasteiger partial charge is 0.120 e. The van der Waals surface area contributed by atoms with Gasteiger partial charge in [-0.1, -0.05) is 77.8 Å². The molecule has 0 saturated carbocycles. The molecule has 3 aromatic rings. The van der Waals surface area contributed by atoms with Crippen molar-refractivity contribution in [2.75, 3.05) is 0 Å². The van der Waals surface area contributed by atoms with Crippen molar-refractivity contribution in [3.8, 4) is 5.75 Å². The Balaban J connectivity index is 1.59. The zero-order chi connectivity index (χ0) is 18.4. The van der Waals surface area contributed by atoms with Gasteiger partial charge in [-0.15, -0.1) is 0 Å². The summed E-state index contributed by atoms with van der Waals surface area (Å²) in [6.07, 6.45) is 0. The summed E-state index contributed by atoms with van der Waals surface area (Å²) in [6, 6.07) is 24.1. The molecule has 4 heteroatoms. The van der Waals surface area contributed by atoms with Crippen molar-refractivity contribution in [1.29, 1.82) is 0 Å². The fraction of sp³-hybridized carbons (Fsp3) is 0.182. The number of hydrogen-bond donors (Lipinski definition) is 1. The Kier molecular flexibility index (Phi) is 6.56. The molecule has 0 amide bonds. The van der Waals surface area contributed by atoms with E-state index in [1.807, 2.05) is 42.5 Å². The predicted molar refractivity (Wildman–Crippen MR) is 109 cm³/mol. The second kappa shape index (κ2) is 9.09. The van der Waals surface area contributed by atoms with E-state index in [0.29, 0.717) is 23.2 Å². The molecule has 0 aliphatic rings. The second-order valence-corrected chi connectivity index (χ2v) is 6.95. The third kappa shape index (κ3) is 5.01. The molecule has 0 radical (unpaired) electrons. The molecule has 0 bridgehead atoms. The van der Waals surface area contributed by atoms with Crippen LogP contribution in [0.5, 0.6) is 5.75 Å². The van der Waals surface area contributed by atoms with Crippen LogP contribution in [-0.4, -0.2) is 0 Å². The molecule has 0 fully saturated rings. The van der Waals surface area contributed by atoms with Crippen LogP contribution in [0.15, 0.2) is 72.8 Å². The summed E-state index contributed by atoms with van der Waals surface area (Å²) >= 11 is 12.4. The second-order valence-electron chi connectivity index (χ2n) is 6.17. The van der Waals surface area contributed by atoms with Gasteiger partial charge in [-0.3, -0.25) is 0 Å². The monoisotopic (exact) mass is 385 g/mol. The van der Waals surface area contributed by atoms with Gasteiger partial charge in [0, 0.05) is 12.6 Å². The minimum Gasteiger partial charge on any atom is -0.489 e. The van der Waals surface area contributed by atoms with E-state index in [4.69, 9.17) is 27.9 Å². The zero-order valence-electron chi connectivity index (χ0n) is 14.6. The van der Waals surface area contributed by atoms with Gasteiger partial charge in [-0.05, 0) is 41.8 Å². The first-order valence-corrected chi connectivity index (χ1v) is 9.32. The van der Waals surface area contributed by atoms with Crippen LogP contribution in [0.3, 0.4) is 0 Å². The number of rotatable bonds is 7. The van der Waals surface area contributed by atoms with Crippen molar-refractivity contribution in [2.24, 2.45) is 0 Å². The highest BCUT2D eigenvalue weighted by Crippen LogP contribution is 2.30. The largest absolute Gasteiger partial charge is 0.489 e. The maximum atomic E-state index is 6.30. The molecule has 0 spiro atoms. The molecule has 0 aliphatic carbocycles. The van der Waals surface area contributed by atoms with Gasteiger partial charge in [0.1, 0.15) is 12.4 Å². The van der Waals surface area contributed by atoms with Gasteiger partial charge >= 0.3 is 0 Å². The van der Waals surface area contributed by atoms with Crippen LogP contribution in [0.2, 0.25) is 10.0 Å². The Morgan fingerprint density at radius 2 is 1.62 bits per heavy atom. The molecule has 0 aromatic heterocycles. The summed E-state index contributed by atoms with van der Waals surface area (Å²) in [5.41, 5.74) is 3.30. The molecule has 0 saturated heterocycles. The first kappa shape index (κ1) is 18.8. The summed E-state index contributed by atoms with van der Waals surface area (Å²) in [4.78, 5) is 0. The fourth-order valence-electron chi connectivity index (χ4n) is 2.72. The summed E-state index contributed by atoms with van der Waals surface area (Å²) in [5, 5.41) is 4.67. The maximum Gasteiger partial charge on any atom is 0.120 e. The molecule has 0 aliphatic heterocycles. The molecular weight excluding hydrogens is 365 g/mol. The number of ether oxygens (including phenoxy) is 1. The normalized spacial score (nSPS) is 12.0. The van der Waals surface area contributed by atoms with Crippen LogP contribution < -0.4 is 10.1 Å². The van der Waals surface area contributed by atoms with Gasteiger partial charge in [0.25, 0.3) is 0 Å². The lowest BCUT2D eigenvalue weighted by atomic mass is 10.1. The van der Waals surface area contributed by atoms with E-state index in [-0.39, 0.29) is 6.04 Å². The van der Waals surface area contributed by atoms with E-state index in [1.165, 1.54) is 0 Å². The first-order chi connectivity index (χ1) is 12.6. The van der Waals surface area contributed by atoms with Crippen LogP contribution >= 0.6 is 23.2 Å². The Labute approximate surface area is 164 Å². The predicted octanol–water partition coefficient (Wildman–Crippen LogP) is 6.42. The summed E-state index contributed by atoms with van der Waals surface area (Å²) in [5.74, 6) is 0.863. The quantitative estimate of drug-likeness (QED) is 0.506. The van der Waals surface area contributed by atoms with E-state index < -0.39 is 0 Å². The van der Waals surface area contributed by atoms with Gasteiger partial charge in [-0.25, -0.2) is 0 Å². The minimum absolute atomic E-state index is 0.0927. The van der Waals surface area contributed by atoms with Crippen molar-refractivity contribution in [1.82, 2.24) is 5.32 Å². The molecule has 3 rings (SSSR count). The van der Waals surface area contributed by atoms with E-state index in [1.54, 1.807) is 6.07 Å². The molecular formula is C22H21Cl2NO. The standard InChI is InChI=1S/C22H21Cl2NO/c1-16(20-11-6-12-21(23)22(20)24)25-14-18-9-5-10-19(13-18)26-15-17-7-3-2-4-8-17/h2-13,16,25H,14-15H2,1H3. The third-order valence-electron chi connectivity index (χ3n) is 4.21. The summed E-state index contributed by atoms with van der Waals surface area (Å²) in [7, 11) is 0. The first-order valence-electron chi connectivity index (χ1n) is 8.56. The van der Waals surface area contributed by atoms with E-state index in [9.17, 15) is 0 Å². The van der Waals surface area contributed by atoms with Crippen molar-refractivity contribution in [3.05, 3.63) is 99.5 Å². The highest BCUT2D eigenvalue weighted by molar-refractivity contribution is 6.42. The lowest BCUT2D eigenvalue weighted by Gasteiger charge is -2.17. The van der Waals surface area contributed by atoms with Gasteiger partial charge < -0.3 is 10.1 Å². The highest BCUT2D eigenvalue weighted by atomic mass is 35.5. The Bertz CT molecular complexity index is 852. The van der Waals surface area contributed by atoms with Gasteiger partial charge in [-0.2, -0.15) is 0 Å².